The molecule has 28 heavy (non-hydrogen) atoms. The van der Waals surface area contributed by atoms with Crippen LogP contribution in [0.4, 0.5) is 4.39 Å². The van der Waals surface area contributed by atoms with Crippen molar-refractivity contribution in [1.29, 1.82) is 0 Å². The SMILES string of the molecule is C[C@H](c1c(Cl)ccc(F)c1Cl)c1c[nH]c2ncc(-c3cnn(CCO)c3)cc12. The highest BCUT2D eigenvalue weighted by molar-refractivity contribution is 6.36. The molecule has 5 nitrogen and oxygen atoms in total. The third-order valence-corrected chi connectivity index (χ3v) is 5.55. The van der Waals surface area contributed by atoms with Crippen LogP contribution in [0.25, 0.3) is 22.2 Å². The van der Waals surface area contributed by atoms with Gasteiger partial charge in [-0.2, -0.15) is 5.10 Å². The van der Waals surface area contributed by atoms with E-state index >= 15 is 0 Å². The number of hydrogen-bond donors (Lipinski definition) is 2. The van der Waals surface area contributed by atoms with E-state index in [0.29, 0.717) is 17.1 Å². The molecular weight excluding hydrogens is 402 g/mol. The predicted molar refractivity (Wildman–Crippen MR) is 108 cm³/mol. The molecule has 0 saturated carbocycles. The molecule has 0 spiro atoms. The zero-order valence-electron chi connectivity index (χ0n) is 15.0. The number of hydrogen-bond acceptors (Lipinski definition) is 3. The number of H-pyrrole nitrogens is 1. The lowest BCUT2D eigenvalue weighted by atomic mass is 9.92. The Kier molecular flexibility index (Phi) is 5.10. The summed E-state index contributed by atoms with van der Waals surface area (Å²) in [6.45, 7) is 2.38. The Bertz CT molecular complexity index is 1150. The predicted octanol–water partition coefficient (Wildman–Crippen LogP) is 5.02. The first-order valence-electron chi connectivity index (χ1n) is 8.73. The molecule has 4 rings (SSSR count). The van der Waals surface area contributed by atoms with E-state index in [9.17, 15) is 4.39 Å². The zero-order chi connectivity index (χ0) is 19.8. The van der Waals surface area contributed by atoms with Crippen LogP contribution in [0, 0.1) is 5.82 Å². The van der Waals surface area contributed by atoms with Gasteiger partial charge in [0.2, 0.25) is 0 Å². The van der Waals surface area contributed by atoms with Crippen LogP contribution in [0.1, 0.15) is 24.0 Å². The van der Waals surface area contributed by atoms with Crippen LogP contribution in [-0.4, -0.2) is 31.5 Å². The maximum atomic E-state index is 14.0. The summed E-state index contributed by atoms with van der Waals surface area (Å²) in [6.07, 6.45) is 7.19. The van der Waals surface area contributed by atoms with Crippen molar-refractivity contribution in [2.45, 2.75) is 19.4 Å². The lowest BCUT2D eigenvalue weighted by molar-refractivity contribution is 0.269. The van der Waals surface area contributed by atoms with Crippen LogP contribution >= 0.6 is 23.2 Å². The summed E-state index contributed by atoms with van der Waals surface area (Å²) in [7, 11) is 0. The van der Waals surface area contributed by atoms with Gasteiger partial charge in [-0.15, -0.1) is 0 Å². The number of aromatic nitrogens is 4. The zero-order valence-corrected chi connectivity index (χ0v) is 16.5. The lowest BCUT2D eigenvalue weighted by Crippen LogP contribution is -2.01. The third-order valence-electron chi connectivity index (χ3n) is 4.84. The smallest absolute Gasteiger partial charge is 0.142 e. The van der Waals surface area contributed by atoms with Crippen LogP contribution < -0.4 is 0 Å². The summed E-state index contributed by atoms with van der Waals surface area (Å²) in [5.41, 5.74) is 3.97. The summed E-state index contributed by atoms with van der Waals surface area (Å²) in [5.74, 6) is -0.735. The summed E-state index contributed by atoms with van der Waals surface area (Å²) in [6, 6.07) is 4.79. The van der Waals surface area contributed by atoms with Crippen molar-refractivity contribution in [3.05, 3.63) is 70.0 Å². The minimum absolute atomic E-state index is 0.0209. The monoisotopic (exact) mass is 418 g/mol. The molecule has 1 aromatic carbocycles. The molecule has 0 radical (unpaired) electrons. The summed E-state index contributed by atoms with van der Waals surface area (Å²) >= 11 is 12.5. The summed E-state index contributed by atoms with van der Waals surface area (Å²) < 4.78 is 15.7. The standard InChI is InChI=1S/C20H17Cl2FN4O/c1-11(18-16(21)2-3-17(23)19(18)22)15-9-25-20-14(15)6-12(7-24-20)13-8-26-27(10-13)4-5-28/h2-3,6-11,28H,4-5H2,1H3,(H,24,25)/t11-/m0/s1. The Hall–Kier alpha value is -2.41. The second-order valence-electron chi connectivity index (χ2n) is 6.56. The van der Waals surface area contributed by atoms with Gasteiger partial charge in [-0.05, 0) is 29.3 Å². The summed E-state index contributed by atoms with van der Waals surface area (Å²) in [5, 5.41) is 14.6. The van der Waals surface area contributed by atoms with E-state index in [4.69, 9.17) is 28.3 Å². The van der Waals surface area contributed by atoms with E-state index in [1.54, 1.807) is 17.1 Å². The van der Waals surface area contributed by atoms with E-state index in [1.165, 1.54) is 12.1 Å². The summed E-state index contributed by atoms with van der Waals surface area (Å²) in [4.78, 5) is 7.64. The van der Waals surface area contributed by atoms with Crippen LogP contribution in [-0.2, 0) is 6.54 Å². The largest absolute Gasteiger partial charge is 0.394 e. The number of rotatable bonds is 5. The van der Waals surface area contributed by atoms with E-state index in [2.05, 4.69) is 15.1 Å². The van der Waals surface area contributed by atoms with E-state index < -0.39 is 5.82 Å². The first-order chi connectivity index (χ1) is 13.5. The first kappa shape index (κ1) is 18.9. The molecule has 8 heteroatoms. The second kappa shape index (κ2) is 7.54. The van der Waals surface area contributed by atoms with Gasteiger partial charge in [0.1, 0.15) is 11.5 Å². The molecule has 0 amide bonds. The highest BCUT2D eigenvalue weighted by Crippen LogP contribution is 2.39. The van der Waals surface area contributed by atoms with E-state index in [-0.39, 0.29) is 17.5 Å². The average molecular weight is 419 g/mol. The number of aliphatic hydroxyl groups is 1. The van der Waals surface area contributed by atoms with Gasteiger partial charge in [0, 0.05) is 46.0 Å². The van der Waals surface area contributed by atoms with Crippen LogP contribution in [0.15, 0.2) is 43.0 Å². The number of aliphatic hydroxyl groups excluding tert-OH is 1. The quantitative estimate of drug-likeness (QED) is 0.447. The maximum absolute atomic E-state index is 14.0. The third kappa shape index (κ3) is 3.28. The maximum Gasteiger partial charge on any atom is 0.142 e. The molecule has 0 aliphatic rings. The highest BCUT2D eigenvalue weighted by atomic mass is 35.5. The normalized spacial score (nSPS) is 12.6. The van der Waals surface area contributed by atoms with Gasteiger partial charge in [-0.1, -0.05) is 30.1 Å². The number of pyridine rings is 1. The Morgan fingerprint density at radius 3 is 2.86 bits per heavy atom. The van der Waals surface area contributed by atoms with Gasteiger partial charge < -0.3 is 10.1 Å². The topological polar surface area (TPSA) is 66.7 Å². The fourth-order valence-corrected chi connectivity index (χ4v) is 4.07. The number of nitrogens with one attached hydrogen (secondary N) is 1. The number of fused-ring (bicyclic) bond motifs is 1. The minimum atomic E-state index is -0.497. The Morgan fingerprint density at radius 2 is 2.07 bits per heavy atom. The average Bonchev–Trinajstić information content (AvgIpc) is 3.31. The molecule has 0 fully saturated rings. The minimum Gasteiger partial charge on any atom is -0.394 e. The molecule has 0 bridgehead atoms. The van der Waals surface area contributed by atoms with Crippen LogP contribution in [0.3, 0.4) is 0 Å². The van der Waals surface area contributed by atoms with Crippen LogP contribution in [0.2, 0.25) is 10.0 Å². The van der Waals surface area contributed by atoms with Gasteiger partial charge in [-0.25, -0.2) is 9.37 Å². The fraction of sp³-hybridized carbons (Fsp3) is 0.200. The van der Waals surface area contributed by atoms with Crippen molar-refractivity contribution in [3.63, 3.8) is 0 Å². The molecule has 0 aliphatic carbocycles. The van der Waals surface area contributed by atoms with Crippen molar-refractivity contribution in [3.8, 4) is 11.1 Å². The molecule has 2 N–H and O–H groups in total. The number of nitrogens with zero attached hydrogens (tertiary/aromatic N) is 3. The molecular formula is C20H17Cl2FN4O. The number of benzene rings is 1. The molecule has 0 aliphatic heterocycles. The molecule has 0 unspecified atom stereocenters. The van der Waals surface area contributed by atoms with Crippen molar-refractivity contribution in [2.24, 2.45) is 0 Å². The number of halogens is 3. The van der Waals surface area contributed by atoms with Crippen molar-refractivity contribution >= 4 is 34.2 Å². The fourth-order valence-electron chi connectivity index (χ4n) is 3.37. The van der Waals surface area contributed by atoms with Crippen molar-refractivity contribution in [2.75, 3.05) is 6.61 Å². The second-order valence-corrected chi connectivity index (χ2v) is 7.34. The van der Waals surface area contributed by atoms with E-state index in [0.717, 1.165) is 27.7 Å². The van der Waals surface area contributed by atoms with Crippen LogP contribution in [0.5, 0.6) is 0 Å². The number of aromatic amines is 1. The molecule has 3 aromatic heterocycles. The Labute approximate surface area is 170 Å². The van der Waals surface area contributed by atoms with Crippen molar-refractivity contribution < 1.29 is 9.50 Å². The molecule has 4 aromatic rings. The molecule has 144 valence electrons. The van der Waals surface area contributed by atoms with E-state index in [1.807, 2.05) is 25.4 Å². The Balaban J connectivity index is 1.79. The first-order valence-corrected chi connectivity index (χ1v) is 9.49. The molecule has 1 atom stereocenters. The van der Waals surface area contributed by atoms with Gasteiger partial charge in [0.05, 0.1) is 24.4 Å². The lowest BCUT2D eigenvalue weighted by Gasteiger charge is -2.15. The Morgan fingerprint density at radius 1 is 1.25 bits per heavy atom. The van der Waals surface area contributed by atoms with Crippen molar-refractivity contribution in [1.82, 2.24) is 19.7 Å². The van der Waals surface area contributed by atoms with Gasteiger partial charge in [-0.3, -0.25) is 4.68 Å². The molecule has 3 heterocycles. The van der Waals surface area contributed by atoms with Gasteiger partial charge >= 0.3 is 0 Å². The molecule has 0 saturated heterocycles. The highest BCUT2D eigenvalue weighted by Gasteiger charge is 2.21. The van der Waals surface area contributed by atoms with Gasteiger partial charge in [0.25, 0.3) is 0 Å². The van der Waals surface area contributed by atoms with Gasteiger partial charge in [0.15, 0.2) is 0 Å².